The highest BCUT2D eigenvalue weighted by Crippen LogP contribution is 2.35. The molecule has 0 aromatic heterocycles. The highest BCUT2D eigenvalue weighted by atomic mass is 35.5. The van der Waals surface area contributed by atoms with Crippen LogP contribution in [0.1, 0.15) is 19.3 Å². The molecule has 0 amide bonds. The van der Waals surface area contributed by atoms with Crippen LogP contribution in [0.3, 0.4) is 0 Å². The van der Waals surface area contributed by atoms with Crippen molar-refractivity contribution in [2.24, 2.45) is 17.6 Å². The molecule has 3 rings (SSSR count). The van der Waals surface area contributed by atoms with E-state index in [0.717, 1.165) is 30.7 Å². The van der Waals surface area contributed by atoms with E-state index in [4.69, 9.17) is 10.5 Å². The molecule has 1 saturated heterocycles. The molecule has 0 spiro atoms. The summed E-state index contributed by atoms with van der Waals surface area (Å²) in [5.41, 5.74) is 6.24. The molecule has 3 atom stereocenters. The molecule has 3 unspecified atom stereocenters. The first-order valence-electron chi connectivity index (χ1n) is 7.49. The monoisotopic (exact) mass is 296 g/mol. The van der Waals surface area contributed by atoms with Crippen molar-refractivity contribution >= 4 is 12.4 Å². The van der Waals surface area contributed by atoms with Crippen molar-refractivity contribution in [2.45, 2.75) is 25.3 Å². The minimum Gasteiger partial charge on any atom is -0.492 e. The Morgan fingerprint density at radius 3 is 2.70 bits per heavy atom. The van der Waals surface area contributed by atoms with Gasteiger partial charge in [-0.2, -0.15) is 0 Å². The van der Waals surface area contributed by atoms with Crippen LogP contribution < -0.4 is 10.5 Å². The van der Waals surface area contributed by atoms with Crippen LogP contribution in [0.25, 0.3) is 0 Å². The lowest BCUT2D eigenvalue weighted by atomic mass is 9.78. The van der Waals surface area contributed by atoms with Crippen molar-refractivity contribution in [3.63, 3.8) is 0 Å². The number of nitrogens with zero attached hydrogens (tertiary/aromatic N) is 1. The summed E-state index contributed by atoms with van der Waals surface area (Å²) in [7, 11) is 0. The Bertz CT molecular complexity index is 401. The van der Waals surface area contributed by atoms with Gasteiger partial charge in [-0.05, 0) is 36.8 Å². The fraction of sp³-hybridized carbons (Fsp3) is 0.625. The Balaban J connectivity index is 0.00000147. The largest absolute Gasteiger partial charge is 0.492 e. The molecule has 2 fully saturated rings. The van der Waals surface area contributed by atoms with Crippen LogP contribution in [0, 0.1) is 11.8 Å². The summed E-state index contributed by atoms with van der Waals surface area (Å²) < 4.78 is 5.78. The summed E-state index contributed by atoms with van der Waals surface area (Å²) in [6, 6.07) is 10.5. The summed E-state index contributed by atoms with van der Waals surface area (Å²) in [6.45, 7) is 4.19. The van der Waals surface area contributed by atoms with Crippen LogP contribution in [-0.4, -0.2) is 37.2 Å². The van der Waals surface area contributed by atoms with Gasteiger partial charge in [-0.3, -0.25) is 4.90 Å². The topological polar surface area (TPSA) is 38.5 Å². The van der Waals surface area contributed by atoms with Crippen molar-refractivity contribution in [2.75, 3.05) is 26.2 Å². The predicted molar refractivity (Wildman–Crippen MR) is 84.4 cm³/mol. The van der Waals surface area contributed by atoms with Gasteiger partial charge in [0, 0.05) is 25.7 Å². The van der Waals surface area contributed by atoms with E-state index in [2.05, 4.69) is 4.90 Å². The second-order valence-electron chi connectivity index (χ2n) is 5.94. The Morgan fingerprint density at radius 1 is 1.15 bits per heavy atom. The molecule has 1 heterocycles. The van der Waals surface area contributed by atoms with Crippen molar-refractivity contribution in [1.29, 1.82) is 0 Å². The zero-order valence-electron chi connectivity index (χ0n) is 11.9. The normalized spacial score (nSPS) is 29.6. The van der Waals surface area contributed by atoms with Crippen molar-refractivity contribution in [3.05, 3.63) is 30.3 Å². The lowest BCUT2D eigenvalue weighted by Crippen LogP contribution is -2.38. The average Bonchev–Trinajstić information content (AvgIpc) is 2.84. The van der Waals surface area contributed by atoms with E-state index in [-0.39, 0.29) is 12.4 Å². The van der Waals surface area contributed by atoms with Gasteiger partial charge in [0.1, 0.15) is 12.4 Å². The van der Waals surface area contributed by atoms with Gasteiger partial charge in [-0.15, -0.1) is 12.4 Å². The molecular formula is C16H25ClN2O. The third-order valence-corrected chi connectivity index (χ3v) is 4.65. The number of hydrogen-bond donors (Lipinski definition) is 1. The van der Waals surface area contributed by atoms with E-state index < -0.39 is 0 Å². The maximum absolute atomic E-state index is 6.24. The maximum Gasteiger partial charge on any atom is 0.119 e. The molecule has 4 heteroatoms. The van der Waals surface area contributed by atoms with Crippen LogP contribution in [0.2, 0.25) is 0 Å². The van der Waals surface area contributed by atoms with Crippen LogP contribution >= 0.6 is 12.4 Å². The SMILES string of the molecule is Cl.NC1CCCC2CN(CCOc3ccccc3)CC12. The minimum atomic E-state index is 0. The second kappa shape index (κ2) is 7.30. The number of ether oxygens (including phenoxy) is 1. The number of benzene rings is 1. The molecule has 3 nitrogen and oxygen atoms in total. The molecule has 1 saturated carbocycles. The number of hydrogen-bond acceptors (Lipinski definition) is 3. The molecular weight excluding hydrogens is 272 g/mol. The van der Waals surface area contributed by atoms with Gasteiger partial charge in [0.15, 0.2) is 0 Å². The Labute approximate surface area is 127 Å². The molecule has 2 aliphatic rings. The van der Waals surface area contributed by atoms with E-state index in [0.29, 0.717) is 6.04 Å². The van der Waals surface area contributed by atoms with Crippen LogP contribution in [0.15, 0.2) is 30.3 Å². The molecule has 1 aromatic carbocycles. The fourth-order valence-corrected chi connectivity index (χ4v) is 3.60. The highest BCUT2D eigenvalue weighted by molar-refractivity contribution is 5.85. The smallest absolute Gasteiger partial charge is 0.119 e. The van der Waals surface area contributed by atoms with E-state index in [1.54, 1.807) is 0 Å². The number of fused-ring (bicyclic) bond motifs is 1. The zero-order chi connectivity index (χ0) is 13.1. The lowest BCUT2D eigenvalue weighted by molar-refractivity contribution is 0.229. The summed E-state index contributed by atoms with van der Waals surface area (Å²) in [6.07, 6.45) is 3.90. The first-order valence-corrected chi connectivity index (χ1v) is 7.49. The summed E-state index contributed by atoms with van der Waals surface area (Å²) in [5, 5.41) is 0. The van der Waals surface area contributed by atoms with Gasteiger partial charge in [-0.25, -0.2) is 0 Å². The van der Waals surface area contributed by atoms with Crippen molar-refractivity contribution in [3.8, 4) is 5.75 Å². The third-order valence-electron chi connectivity index (χ3n) is 4.65. The highest BCUT2D eigenvalue weighted by Gasteiger charge is 2.38. The first kappa shape index (κ1) is 15.6. The van der Waals surface area contributed by atoms with Crippen LogP contribution in [0.5, 0.6) is 5.75 Å². The number of nitrogens with two attached hydrogens (primary N) is 1. The molecule has 0 radical (unpaired) electrons. The Hall–Kier alpha value is -0.770. The van der Waals surface area contributed by atoms with Gasteiger partial charge in [0.2, 0.25) is 0 Å². The molecule has 2 N–H and O–H groups in total. The van der Waals surface area contributed by atoms with E-state index >= 15 is 0 Å². The molecule has 112 valence electrons. The van der Waals surface area contributed by atoms with Gasteiger partial charge >= 0.3 is 0 Å². The summed E-state index contributed by atoms with van der Waals surface area (Å²) >= 11 is 0. The minimum absolute atomic E-state index is 0. The first-order chi connectivity index (χ1) is 9.33. The van der Waals surface area contributed by atoms with Crippen LogP contribution in [0.4, 0.5) is 0 Å². The average molecular weight is 297 g/mol. The van der Waals surface area contributed by atoms with E-state index in [1.807, 2.05) is 30.3 Å². The Kier molecular flexibility index (Phi) is 5.70. The van der Waals surface area contributed by atoms with E-state index in [9.17, 15) is 0 Å². The molecule has 20 heavy (non-hydrogen) atoms. The molecule has 1 aliphatic carbocycles. The number of halogens is 1. The Morgan fingerprint density at radius 2 is 1.95 bits per heavy atom. The molecule has 0 bridgehead atoms. The van der Waals surface area contributed by atoms with Gasteiger partial charge in [0.25, 0.3) is 0 Å². The zero-order valence-corrected chi connectivity index (χ0v) is 12.7. The predicted octanol–water partition coefficient (Wildman–Crippen LogP) is 2.55. The van der Waals surface area contributed by atoms with Gasteiger partial charge in [-0.1, -0.05) is 24.6 Å². The number of rotatable bonds is 4. The standard InChI is InChI=1S/C16H24N2O.ClH/c17-16-8-4-5-13-11-18(12-15(13)16)9-10-19-14-6-2-1-3-7-14;/h1-3,6-7,13,15-16H,4-5,8-12,17H2;1H. The van der Waals surface area contributed by atoms with Gasteiger partial charge < -0.3 is 10.5 Å². The maximum atomic E-state index is 6.24. The number of likely N-dealkylation sites (tertiary alicyclic amines) is 1. The number of para-hydroxylation sites is 1. The molecule has 1 aromatic rings. The quantitative estimate of drug-likeness (QED) is 0.928. The third kappa shape index (κ3) is 3.66. The summed E-state index contributed by atoms with van der Waals surface area (Å²) in [4.78, 5) is 2.53. The molecule has 1 aliphatic heterocycles. The van der Waals surface area contributed by atoms with Crippen LogP contribution in [-0.2, 0) is 0 Å². The lowest BCUT2D eigenvalue weighted by Gasteiger charge is -2.29. The van der Waals surface area contributed by atoms with Gasteiger partial charge in [0.05, 0.1) is 0 Å². The van der Waals surface area contributed by atoms with E-state index in [1.165, 1.54) is 32.4 Å². The van der Waals surface area contributed by atoms with Crippen molar-refractivity contribution < 1.29 is 4.74 Å². The van der Waals surface area contributed by atoms with Crippen molar-refractivity contribution in [1.82, 2.24) is 4.90 Å². The summed E-state index contributed by atoms with van der Waals surface area (Å²) in [5.74, 6) is 2.53. The second-order valence-corrected chi connectivity index (χ2v) is 5.94. The fourth-order valence-electron chi connectivity index (χ4n) is 3.60.